The summed E-state index contributed by atoms with van der Waals surface area (Å²) in [4.78, 5) is 14.9. The average molecular weight is 273 g/mol. The van der Waals surface area contributed by atoms with Gasteiger partial charge in [0.2, 0.25) is 0 Å². The van der Waals surface area contributed by atoms with Gasteiger partial charge in [0.1, 0.15) is 5.52 Å². The third kappa shape index (κ3) is 2.93. The van der Waals surface area contributed by atoms with Gasteiger partial charge in [0.25, 0.3) is 5.69 Å². The first kappa shape index (κ1) is 14.4. The summed E-state index contributed by atoms with van der Waals surface area (Å²) in [5, 5.41) is 15.4. The van der Waals surface area contributed by atoms with E-state index in [9.17, 15) is 10.1 Å². The third-order valence-corrected chi connectivity index (χ3v) is 3.49. The molecule has 0 radical (unpaired) electrons. The van der Waals surface area contributed by atoms with Crippen LogP contribution in [-0.4, -0.2) is 22.5 Å². The van der Waals surface area contributed by atoms with Crippen LogP contribution in [0, 0.1) is 10.1 Å². The van der Waals surface area contributed by atoms with Crippen LogP contribution in [0.25, 0.3) is 10.9 Å². The molecule has 0 saturated carbocycles. The molecule has 5 nitrogen and oxygen atoms in total. The number of benzene rings is 1. The predicted octanol–water partition coefficient (Wildman–Crippen LogP) is 3.07. The molecule has 2 rings (SSSR count). The van der Waals surface area contributed by atoms with Gasteiger partial charge in [-0.3, -0.25) is 10.1 Å². The quantitative estimate of drug-likeness (QED) is 0.648. The van der Waals surface area contributed by atoms with E-state index in [0.717, 1.165) is 30.3 Å². The van der Waals surface area contributed by atoms with Crippen LogP contribution in [0.5, 0.6) is 0 Å². The number of para-hydroxylation sites is 1. The number of fused-ring (bicyclic) bond motifs is 1. The normalized spacial score (nSPS) is 12.5. The molecule has 1 atom stereocenters. The Morgan fingerprint density at radius 3 is 2.80 bits per heavy atom. The molecule has 0 aliphatic rings. The molecule has 1 aromatic heterocycles. The van der Waals surface area contributed by atoms with Crippen LogP contribution < -0.4 is 5.32 Å². The Morgan fingerprint density at radius 1 is 1.35 bits per heavy atom. The van der Waals surface area contributed by atoms with Crippen molar-refractivity contribution in [1.82, 2.24) is 10.3 Å². The molecule has 1 heterocycles. The van der Waals surface area contributed by atoms with Crippen LogP contribution in [0.1, 0.15) is 25.8 Å². The molecule has 0 fully saturated rings. The van der Waals surface area contributed by atoms with Gasteiger partial charge in [-0.25, -0.2) is 4.98 Å². The fourth-order valence-corrected chi connectivity index (χ4v) is 2.46. The highest BCUT2D eigenvalue weighted by molar-refractivity contribution is 5.89. The van der Waals surface area contributed by atoms with Crippen LogP contribution in [0.4, 0.5) is 5.69 Å². The monoisotopic (exact) mass is 273 g/mol. The summed E-state index contributed by atoms with van der Waals surface area (Å²) in [7, 11) is 0. The zero-order valence-corrected chi connectivity index (χ0v) is 11.8. The molecular weight excluding hydrogens is 254 g/mol. The molecule has 106 valence electrons. The minimum absolute atomic E-state index is 0.0702. The van der Waals surface area contributed by atoms with Gasteiger partial charge in [-0.2, -0.15) is 0 Å². The lowest BCUT2D eigenvalue weighted by atomic mass is 10.00. The van der Waals surface area contributed by atoms with Gasteiger partial charge in [0.15, 0.2) is 0 Å². The number of hydrogen-bond donors (Lipinski definition) is 1. The van der Waals surface area contributed by atoms with E-state index in [4.69, 9.17) is 0 Å². The molecule has 0 spiro atoms. The fourth-order valence-electron chi connectivity index (χ4n) is 2.46. The topological polar surface area (TPSA) is 68.1 Å². The van der Waals surface area contributed by atoms with E-state index < -0.39 is 0 Å². The van der Waals surface area contributed by atoms with Crippen molar-refractivity contribution in [2.24, 2.45) is 0 Å². The van der Waals surface area contributed by atoms with Crippen LogP contribution in [-0.2, 0) is 6.42 Å². The molecule has 0 saturated heterocycles. The van der Waals surface area contributed by atoms with Crippen LogP contribution >= 0.6 is 0 Å². The second-order valence-electron chi connectivity index (χ2n) is 4.77. The van der Waals surface area contributed by atoms with E-state index in [1.807, 2.05) is 12.1 Å². The Kier molecular flexibility index (Phi) is 4.63. The van der Waals surface area contributed by atoms with Crippen LogP contribution in [0.15, 0.2) is 30.5 Å². The van der Waals surface area contributed by atoms with Gasteiger partial charge < -0.3 is 5.32 Å². The van der Waals surface area contributed by atoms with Gasteiger partial charge in [-0.15, -0.1) is 0 Å². The summed E-state index contributed by atoms with van der Waals surface area (Å²) in [6.07, 6.45) is 3.53. The summed E-state index contributed by atoms with van der Waals surface area (Å²) >= 11 is 0. The maximum atomic E-state index is 11.1. The second kappa shape index (κ2) is 6.43. The van der Waals surface area contributed by atoms with Crippen molar-refractivity contribution >= 4 is 16.6 Å². The summed E-state index contributed by atoms with van der Waals surface area (Å²) in [5.41, 5.74) is 1.65. The number of likely N-dealkylation sites (N-methyl/N-ethyl adjacent to an activating group) is 1. The molecule has 5 heteroatoms. The van der Waals surface area contributed by atoms with Crippen molar-refractivity contribution in [2.45, 2.75) is 32.7 Å². The highest BCUT2D eigenvalue weighted by Gasteiger charge is 2.15. The van der Waals surface area contributed by atoms with Crippen molar-refractivity contribution < 1.29 is 4.92 Å². The van der Waals surface area contributed by atoms with Crippen molar-refractivity contribution in [3.8, 4) is 0 Å². The molecule has 0 aliphatic carbocycles. The Bertz CT molecular complexity index is 613. The number of nitrogens with one attached hydrogen (secondary N) is 1. The average Bonchev–Trinajstić information content (AvgIpc) is 2.46. The Labute approximate surface area is 118 Å². The number of rotatable bonds is 6. The largest absolute Gasteiger partial charge is 0.314 e. The lowest BCUT2D eigenvalue weighted by Gasteiger charge is -2.16. The molecule has 20 heavy (non-hydrogen) atoms. The number of pyridine rings is 1. The first-order valence-corrected chi connectivity index (χ1v) is 6.91. The number of nitro benzene ring substituents is 1. The van der Waals surface area contributed by atoms with E-state index in [-0.39, 0.29) is 10.6 Å². The predicted molar refractivity (Wildman–Crippen MR) is 79.9 cm³/mol. The molecule has 0 amide bonds. The summed E-state index contributed by atoms with van der Waals surface area (Å²) in [5.74, 6) is 0. The van der Waals surface area contributed by atoms with Crippen molar-refractivity contribution in [1.29, 1.82) is 0 Å². The SMILES string of the molecule is CCNC(CC)Cc1ccnc2c([N+](=O)[O-])cccc12. The van der Waals surface area contributed by atoms with Gasteiger partial charge in [-0.05, 0) is 31.0 Å². The molecule has 0 bridgehead atoms. The Balaban J connectivity index is 2.44. The second-order valence-corrected chi connectivity index (χ2v) is 4.77. The standard InChI is InChI=1S/C15H19N3O2/c1-3-12(16-4-2)10-11-8-9-17-15-13(11)6-5-7-14(15)18(19)20/h5-9,12,16H,3-4,10H2,1-2H3. The molecular formula is C15H19N3O2. The lowest BCUT2D eigenvalue weighted by molar-refractivity contribution is -0.383. The van der Waals surface area contributed by atoms with E-state index >= 15 is 0 Å². The number of aromatic nitrogens is 1. The summed E-state index contributed by atoms with van der Waals surface area (Å²) in [6, 6.07) is 7.46. The van der Waals surface area contributed by atoms with E-state index in [1.165, 1.54) is 6.07 Å². The van der Waals surface area contributed by atoms with Gasteiger partial charge >= 0.3 is 0 Å². The lowest BCUT2D eigenvalue weighted by Crippen LogP contribution is -2.30. The molecule has 0 aliphatic heterocycles. The number of nitrogens with zero attached hydrogens (tertiary/aromatic N) is 2. The van der Waals surface area contributed by atoms with Crippen molar-refractivity contribution in [2.75, 3.05) is 6.54 Å². The maximum absolute atomic E-state index is 11.1. The van der Waals surface area contributed by atoms with Gasteiger partial charge in [0.05, 0.1) is 4.92 Å². The van der Waals surface area contributed by atoms with Crippen molar-refractivity contribution in [3.63, 3.8) is 0 Å². The number of non-ortho nitro benzene ring substituents is 1. The van der Waals surface area contributed by atoms with E-state index in [1.54, 1.807) is 12.3 Å². The van der Waals surface area contributed by atoms with Crippen LogP contribution in [0.2, 0.25) is 0 Å². The molecule has 1 aromatic carbocycles. The van der Waals surface area contributed by atoms with Gasteiger partial charge in [0, 0.05) is 23.7 Å². The highest BCUT2D eigenvalue weighted by atomic mass is 16.6. The molecule has 2 aromatic rings. The zero-order chi connectivity index (χ0) is 14.5. The smallest absolute Gasteiger partial charge is 0.295 e. The summed E-state index contributed by atoms with van der Waals surface area (Å²) < 4.78 is 0. The third-order valence-electron chi connectivity index (χ3n) is 3.49. The zero-order valence-electron chi connectivity index (χ0n) is 11.8. The number of nitro groups is 1. The summed E-state index contributed by atoms with van der Waals surface area (Å²) in [6.45, 7) is 5.14. The highest BCUT2D eigenvalue weighted by Crippen LogP contribution is 2.26. The Hall–Kier alpha value is -2.01. The van der Waals surface area contributed by atoms with Crippen molar-refractivity contribution in [3.05, 3.63) is 46.1 Å². The Morgan fingerprint density at radius 2 is 2.15 bits per heavy atom. The van der Waals surface area contributed by atoms with E-state index in [0.29, 0.717) is 11.6 Å². The fraction of sp³-hybridized carbons (Fsp3) is 0.400. The molecule has 1 N–H and O–H groups in total. The first-order valence-electron chi connectivity index (χ1n) is 6.91. The van der Waals surface area contributed by atoms with Gasteiger partial charge in [-0.1, -0.05) is 26.0 Å². The van der Waals surface area contributed by atoms with E-state index in [2.05, 4.69) is 24.1 Å². The minimum atomic E-state index is -0.374. The molecule has 1 unspecified atom stereocenters. The van der Waals surface area contributed by atoms with Crippen LogP contribution in [0.3, 0.4) is 0 Å². The number of hydrogen-bond acceptors (Lipinski definition) is 4. The minimum Gasteiger partial charge on any atom is -0.314 e. The maximum Gasteiger partial charge on any atom is 0.295 e. The first-order chi connectivity index (χ1) is 9.67.